The normalized spacial score (nSPS) is 31.3. The van der Waals surface area contributed by atoms with Crippen molar-refractivity contribution >= 4 is 6.29 Å². The van der Waals surface area contributed by atoms with Gasteiger partial charge in [-0.3, -0.25) is 4.79 Å². The van der Waals surface area contributed by atoms with E-state index in [0.717, 1.165) is 24.2 Å². The molecule has 0 amide bonds. The Morgan fingerprint density at radius 1 is 1.40 bits per heavy atom. The highest BCUT2D eigenvalue weighted by molar-refractivity contribution is 5.72. The summed E-state index contributed by atoms with van der Waals surface area (Å²) in [4.78, 5) is 10.8. The van der Waals surface area contributed by atoms with Crippen LogP contribution in [0.25, 0.3) is 0 Å². The maximum Gasteiger partial charge on any atom is 0.145 e. The van der Waals surface area contributed by atoms with E-state index in [1.54, 1.807) is 0 Å². The van der Waals surface area contributed by atoms with Crippen molar-refractivity contribution in [2.45, 2.75) is 53.4 Å². The van der Waals surface area contributed by atoms with Crippen LogP contribution in [0.4, 0.5) is 0 Å². The highest BCUT2D eigenvalue weighted by Crippen LogP contribution is 2.42. The third-order valence-electron chi connectivity index (χ3n) is 3.43. The lowest BCUT2D eigenvalue weighted by Gasteiger charge is -2.38. The van der Waals surface area contributed by atoms with Gasteiger partial charge in [0.05, 0.1) is 0 Å². The highest BCUT2D eigenvalue weighted by Gasteiger charge is 2.30. The molecule has 0 saturated heterocycles. The van der Waals surface area contributed by atoms with Gasteiger partial charge in [-0.1, -0.05) is 33.8 Å². The second kappa shape index (κ2) is 4.96. The van der Waals surface area contributed by atoms with E-state index in [-0.39, 0.29) is 0 Å². The number of aldehydes is 1. The Labute approximate surface area is 93.9 Å². The second-order valence-corrected chi connectivity index (χ2v) is 5.89. The molecule has 2 unspecified atom stereocenters. The SMILES string of the molecule is CCC(C=O)=CC1CC(C)CC(C)(C)C1. The van der Waals surface area contributed by atoms with E-state index in [9.17, 15) is 4.79 Å². The molecule has 0 radical (unpaired) electrons. The van der Waals surface area contributed by atoms with Gasteiger partial charge < -0.3 is 0 Å². The van der Waals surface area contributed by atoms with E-state index >= 15 is 0 Å². The van der Waals surface area contributed by atoms with Gasteiger partial charge in [-0.2, -0.15) is 0 Å². The van der Waals surface area contributed by atoms with Crippen molar-refractivity contribution in [3.05, 3.63) is 11.6 Å². The lowest BCUT2D eigenvalue weighted by Crippen LogP contribution is -2.26. The van der Waals surface area contributed by atoms with Gasteiger partial charge in [-0.25, -0.2) is 0 Å². The fourth-order valence-electron chi connectivity index (χ4n) is 3.09. The molecule has 86 valence electrons. The number of hydrogen-bond donors (Lipinski definition) is 0. The van der Waals surface area contributed by atoms with E-state index < -0.39 is 0 Å². The summed E-state index contributed by atoms with van der Waals surface area (Å²) in [5.41, 5.74) is 1.42. The van der Waals surface area contributed by atoms with Crippen molar-refractivity contribution in [2.75, 3.05) is 0 Å². The number of hydrogen-bond acceptors (Lipinski definition) is 1. The van der Waals surface area contributed by atoms with Crippen molar-refractivity contribution in [1.82, 2.24) is 0 Å². The smallest absolute Gasteiger partial charge is 0.145 e. The summed E-state index contributed by atoms with van der Waals surface area (Å²) in [5, 5.41) is 0. The van der Waals surface area contributed by atoms with Crippen LogP contribution in [0.1, 0.15) is 53.4 Å². The van der Waals surface area contributed by atoms with Gasteiger partial charge in [0.1, 0.15) is 6.29 Å². The third-order valence-corrected chi connectivity index (χ3v) is 3.43. The fraction of sp³-hybridized carbons (Fsp3) is 0.786. The molecule has 1 fully saturated rings. The predicted molar refractivity (Wildman–Crippen MR) is 64.7 cm³/mol. The zero-order valence-electron chi connectivity index (χ0n) is 10.5. The van der Waals surface area contributed by atoms with Gasteiger partial charge in [0.15, 0.2) is 0 Å². The zero-order valence-corrected chi connectivity index (χ0v) is 10.5. The summed E-state index contributed by atoms with van der Waals surface area (Å²) in [6.07, 6.45) is 7.90. The minimum absolute atomic E-state index is 0.445. The summed E-state index contributed by atoms with van der Waals surface area (Å²) in [6, 6.07) is 0. The fourth-order valence-corrected chi connectivity index (χ4v) is 3.09. The molecular formula is C14H24O. The van der Waals surface area contributed by atoms with Gasteiger partial charge in [0, 0.05) is 0 Å². The van der Waals surface area contributed by atoms with Crippen molar-refractivity contribution in [3.63, 3.8) is 0 Å². The quantitative estimate of drug-likeness (QED) is 0.506. The van der Waals surface area contributed by atoms with Crippen LogP contribution in [-0.4, -0.2) is 6.29 Å². The number of carbonyl (C=O) groups excluding carboxylic acids is 1. The molecule has 0 N–H and O–H groups in total. The van der Waals surface area contributed by atoms with E-state index in [0.29, 0.717) is 11.3 Å². The summed E-state index contributed by atoms with van der Waals surface area (Å²) in [5.74, 6) is 1.41. The maximum absolute atomic E-state index is 10.8. The number of allylic oxidation sites excluding steroid dienone is 2. The van der Waals surface area contributed by atoms with Crippen LogP contribution in [0.3, 0.4) is 0 Å². The second-order valence-electron chi connectivity index (χ2n) is 5.89. The van der Waals surface area contributed by atoms with Crippen molar-refractivity contribution < 1.29 is 4.79 Å². The van der Waals surface area contributed by atoms with Crippen molar-refractivity contribution in [3.8, 4) is 0 Å². The van der Waals surface area contributed by atoms with Gasteiger partial charge >= 0.3 is 0 Å². The van der Waals surface area contributed by atoms with Crippen LogP contribution in [0.15, 0.2) is 11.6 Å². The van der Waals surface area contributed by atoms with Crippen LogP contribution in [0, 0.1) is 17.3 Å². The Bertz CT molecular complexity index is 250. The monoisotopic (exact) mass is 208 g/mol. The van der Waals surface area contributed by atoms with Crippen LogP contribution in [0.5, 0.6) is 0 Å². The molecule has 1 rings (SSSR count). The van der Waals surface area contributed by atoms with Gasteiger partial charge in [0.25, 0.3) is 0 Å². The molecule has 15 heavy (non-hydrogen) atoms. The Morgan fingerprint density at radius 3 is 2.53 bits per heavy atom. The molecule has 1 saturated carbocycles. The molecule has 0 aliphatic heterocycles. The maximum atomic E-state index is 10.8. The Kier molecular flexibility index (Phi) is 4.12. The van der Waals surface area contributed by atoms with E-state index in [1.807, 2.05) is 0 Å². The minimum atomic E-state index is 0.445. The third kappa shape index (κ3) is 3.81. The first kappa shape index (κ1) is 12.5. The average Bonchev–Trinajstić information content (AvgIpc) is 2.10. The Morgan fingerprint density at radius 2 is 2.07 bits per heavy atom. The molecule has 2 atom stereocenters. The summed E-state index contributed by atoms with van der Waals surface area (Å²) in [6.45, 7) is 9.07. The average molecular weight is 208 g/mol. The Balaban J connectivity index is 2.70. The summed E-state index contributed by atoms with van der Waals surface area (Å²) in [7, 11) is 0. The van der Waals surface area contributed by atoms with Crippen LogP contribution >= 0.6 is 0 Å². The Hall–Kier alpha value is -0.590. The van der Waals surface area contributed by atoms with Crippen molar-refractivity contribution in [1.29, 1.82) is 0 Å². The van der Waals surface area contributed by atoms with Crippen LogP contribution < -0.4 is 0 Å². The predicted octanol–water partition coefficient (Wildman–Crippen LogP) is 3.98. The first-order valence-electron chi connectivity index (χ1n) is 6.12. The van der Waals surface area contributed by atoms with Crippen LogP contribution in [0.2, 0.25) is 0 Å². The molecule has 0 bridgehead atoms. The summed E-state index contributed by atoms with van der Waals surface area (Å²) < 4.78 is 0. The molecule has 0 heterocycles. The van der Waals surface area contributed by atoms with Crippen molar-refractivity contribution in [2.24, 2.45) is 17.3 Å². The molecule has 1 aliphatic rings. The van der Waals surface area contributed by atoms with Gasteiger partial charge in [-0.15, -0.1) is 0 Å². The zero-order chi connectivity index (χ0) is 11.5. The molecule has 0 aromatic carbocycles. The lowest BCUT2D eigenvalue weighted by molar-refractivity contribution is -0.105. The topological polar surface area (TPSA) is 17.1 Å². The molecule has 0 aromatic rings. The van der Waals surface area contributed by atoms with Crippen LogP contribution in [-0.2, 0) is 4.79 Å². The molecule has 1 nitrogen and oxygen atoms in total. The molecule has 1 aliphatic carbocycles. The standard InChI is InChI=1S/C14H24O/c1-5-12(10-15)7-13-6-11(2)8-14(3,4)9-13/h7,10-11,13H,5-6,8-9H2,1-4H3. The lowest BCUT2D eigenvalue weighted by atomic mass is 9.68. The number of rotatable bonds is 3. The first-order valence-corrected chi connectivity index (χ1v) is 6.12. The van der Waals surface area contributed by atoms with E-state index in [2.05, 4.69) is 33.8 Å². The minimum Gasteiger partial charge on any atom is -0.298 e. The molecular weight excluding hydrogens is 184 g/mol. The first-order chi connectivity index (χ1) is 6.96. The van der Waals surface area contributed by atoms with Gasteiger partial charge in [-0.05, 0) is 48.5 Å². The number of carbonyl (C=O) groups is 1. The van der Waals surface area contributed by atoms with E-state index in [1.165, 1.54) is 19.3 Å². The van der Waals surface area contributed by atoms with E-state index in [4.69, 9.17) is 0 Å². The molecule has 0 aromatic heterocycles. The largest absolute Gasteiger partial charge is 0.298 e. The molecule has 1 heteroatoms. The summed E-state index contributed by atoms with van der Waals surface area (Å²) >= 11 is 0. The van der Waals surface area contributed by atoms with Gasteiger partial charge in [0.2, 0.25) is 0 Å². The highest BCUT2D eigenvalue weighted by atomic mass is 16.1. The molecule has 0 spiro atoms.